The Morgan fingerprint density at radius 3 is 3.07 bits per heavy atom. The van der Waals surface area contributed by atoms with Crippen molar-refractivity contribution in [1.29, 1.82) is 0 Å². The molecule has 5 heteroatoms. The fraction of sp³-hybridized carbons (Fsp3) is 0.222. The summed E-state index contributed by atoms with van der Waals surface area (Å²) in [6.45, 7) is 3.20. The molecule has 0 bridgehead atoms. The molecule has 0 saturated heterocycles. The van der Waals surface area contributed by atoms with Crippen LogP contribution in [0.2, 0.25) is 0 Å². The Labute approximate surface area is 84.6 Å². The van der Waals surface area contributed by atoms with Crippen LogP contribution in [0.15, 0.2) is 11.6 Å². The highest BCUT2D eigenvalue weighted by atomic mass is 32.1. The van der Waals surface area contributed by atoms with E-state index in [9.17, 15) is 4.79 Å². The monoisotopic (exact) mass is 208 g/mol. The predicted octanol–water partition coefficient (Wildman–Crippen LogP) is 1.93. The minimum absolute atomic E-state index is 0.340. The highest BCUT2D eigenvalue weighted by Crippen LogP contribution is 2.23. The van der Waals surface area contributed by atoms with E-state index in [-0.39, 0.29) is 5.97 Å². The Morgan fingerprint density at radius 1 is 1.57 bits per heavy atom. The number of fused-ring (bicyclic) bond motifs is 1. The van der Waals surface area contributed by atoms with Gasteiger partial charge < -0.3 is 4.74 Å². The number of hydrogen-bond acceptors (Lipinski definition) is 5. The van der Waals surface area contributed by atoms with E-state index in [0.717, 1.165) is 15.9 Å². The summed E-state index contributed by atoms with van der Waals surface area (Å²) in [6, 6.07) is 1.72. The van der Waals surface area contributed by atoms with Gasteiger partial charge >= 0.3 is 5.97 Å². The van der Waals surface area contributed by atoms with Gasteiger partial charge in [-0.05, 0) is 6.92 Å². The van der Waals surface area contributed by atoms with Gasteiger partial charge in [0.15, 0.2) is 0 Å². The fourth-order valence-corrected chi connectivity index (χ4v) is 1.94. The van der Waals surface area contributed by atoms with E-state index in [4.69, 9.17) is 4.74 Å². The third-order valence-corrected chi connectivity index (χ3v) is 2.49. The second-order valence-corrected chi connectivity index (χ2v) is 3.72. The number of pyridine rings is 1. The third kappa shape index (κ3) is 1.58. The number of carbonyl (C=O) groups excluding carboxylic acids is 1. The van der Waals surface area contributed by atoms with E-state index in [1.807, 2.05) is 6.92 Å². The van der Waals surface area contributed by atoms with E-state index in [1.165, 1.54) is 18.3 Å². The molecule has 2 aromatic rings. The molecule has 0 N–H and O–H groups in total. The number of hydrogen-bond donors (Lipinski definition) is 0. The highest BCUT2D eigenvalue weighted by Gasteiger charge is 2.07. The third-order valence-electron chi connectivity index (χ3n) is 1.72. The van der Waals surface area contributed by atoms with E-state index in [2.05, 4.69) is 9.97 Å². The SMILES string of the molecule is CC(=O)Oc1cc2scnc2c(C)n1. The molecule has 4 nitrogen and oxygen atoms in total. The summed E-state index contributed by atoms with van der Waals surface area (Å²) < 4.78 is 5.88. The van der Waals surface area contributed by atoms with Gasteiger partial charge in [-0.2, -0.15) is 0 Å². The van der Waals surface area contributed by atoms with Crippen LogP contribution < -0.4 is 4.74 Å². The molecular weight excluding hydrogens is 200 g/mol. The number of thiazole rings is 1. The normalized spacial score (nSPS) is 10.4. The van der Waals surface area contributed by atoms with Crippen LogP contribution in [0.25, 0.3) is 10.2 Å². The average Bonchev–Trinajstić information content (AvgIpc) is 2.50. The lowest BCUT2D eigenvalue weighted by molar-refractivity contribution is -0.132. The Kier molecular flexibility index (Phi) is 2.17. The first-order valence-corrected chi connectivity index (χ1v) is 4.94. The molecule has 0 spiro atoms. The lowest BCUT2D eigenvalue weighted by Gasteiger charge is -2.01. The molecule has 0 atom stereocenters. The van der Waals surface area contributed by atoms with Crippen molar-refractivity contribution in [1.82, 2.24) is 9.97 Å². The van der Waals surface area contributed by atoms with Gasteiger partial charge in [-0.25, -0.2) is 9.97 Å². The summed E-state index contributed by atoms with van der Waals surface area (Å²) in [6.07, 6.45) is 0. The molecule has 14 heavy (non-hydrogen) atoms. The minimum Gasteiger partial charge on any atom is -0.408 e. The van der Waals surface area contributed by atoms with Crippen molar-refractivity contribution in [3.63, 3.8) is 0 Å². The average molecular weight is 208 g/mol. The molecule has 0 aliphatic heterocycles. The molecule has 2 rings (SSSR count). The number of aromatic nitrogens is 2. The predicted molar refractivity (Wildman–Crippen MR) is 53.5 cm³/mol. The lowest BCUT2D eigenvalue weighted by atomic mass is 10.3. The van der Waals surface area contributed by atoms with Crippen molar-refractivity contribution in [2.45, 2.75) is 13.8 Å². The van der Waals surface area contributed by atoms with Crippen LogP contribution in [-0.2, 0) is 4.79 Å². The molecule has 0 aliphatic carbocycles. The summed E-state index contributed by atoms with van der Waals surface area (Å²) in [5.74, 6) is -0.0208. The first-order chi connectivity index (χ1) is 6.66. The van der Waals surface area contributed by atoms with Crippen molar-refractivity contribution < 1.29 is 9.53 Å². The molecule has 2 aromatic heterocycles. The molecule has 0 amide bonds. The van der Waals surface area contributed by atoms with E-state index in [0.29, 0.717) is 5.88 Å². The summed E-state index contributed by atoms with van der Waals surface area (Å²) in [5.41, 5.74) is 3.39. The summed E-state index contributed by atoms with van der Waals surface area (Å²) in [4.78, 5) is 19.0. The maximum Gasteiger partial charge on any atom is 0.309 e. The summed E-state index contributed by atoms with van der Waals surface area (Å²) in [7, 11) is 0. The van der Waals surface area contributed by atoms with Crippen molar-refractivity contribution in [2.24, 2.45) is 0 Å². The summed E-state index contributed by atoms with van der Waals surface area (Å²) in [5, 5.41) is 0. The Bertz CT molecular complexity index is 493. The largest absolute Gasteiger partial charge is 0.408 e. The zero-order valence-corrected chi connectivity index (χ0v) is 8.59. The first kappa shape index (κ1) is 9.08. The Balaban J connectivity index is 2.53. The van der Waals surface area contributed by atoms with E-state index >= 15 is 0 Å². The Morgan fingerprint density at radius 2 is 2.36 bits per heavy atom. The van der Waals surface area contributed by atoms with Crippen LogP contribution in [0.5, 0.6) is 5.88 Å². The number of ether oxygens (including phenoxy) is 1. The van der Waals surface area contributed by atoms with Crippen molar-refractivity contribution >= 4 is 27.5 Å². The van der Waals surface area contributed by atoms with Crippen LogP contribution in [0.4, 0.5) is 0 Å². The highest BCUT2D eigenvalue weighted by molar-refractivity contribution is 7.16. The number of carbonyl (C=O) groups is 1. The zero-order valence-electron chi connectivity index (χ0n) is 7.77. The quantitative estimate of drug-likeness (QED) is 0.672. The van der Waals surface area contributed by atoms with Crippen LogP contribution in [0.3, 0.4) is 0 Å². The lowest BCUT2D eigenvalue weighted by Crippen LogP contribution is -2.03. The number of nitrogens with zero attached hydrogens (tertiary/aromatic N) is 2. The molecule has 0 radical (unpaired) electrons. The molecule has 2 heterocycles. The zero-order chi connectivity index (χ0) is 10.1. The number of rotatable bonds is 1. The van der Waals surface area contributed by atoms with Crippen molar-refractivity contribution in [3.05, 3.63) is 17.3 Å². The van der Waals surface area contributed by atoms with Crippen LogP contribution in [-0.4, -0.2) is 15.9 Å². The number of aryl methyl sites for hydroxylation is 1. The number of esters is 1. The molecule has 0 aliphatic rings. The van der Waals surface area contributed by atoms with Gasteiger partial charge in [0.25, 0.3) is 0 Å². The van der Waals surface area contributed by atoms with Gasteiger partial charge in [0, 0.05) is 13.0 Å². The molecule has 0 aromatic carbocycles. The van der Waals surface area contributed by atoms with Crippen LogP contribution in [0, 0.1) is 6.92 Å². The molecule has 0 unspecified atom stereocenters. The van der Waals surface area contributed by atoms with Gasteiger partial charge in [-0.3, -0.25) is 4.79 Å². The standard InChI is InChI=1S/C9H8N2O2S/c1-5-9-7(14-4-10-9)3-8(11-5)13-6(2)12/h3-4H,1-2H3. The maximum absolute atomic E-state index is 10.7. The molecule has 72 valence electrons. The van der Waals surface area contributed by atoms with Crippen molar-refractivity contribution in [2.75, 3.05) is 0 Å². The summed E-state index contributed by atoms with van der Waals surface area (Å²) >= 11 is 1.50. The topological polar surface area (TPSA) is 52.1 Å². The van der Waals surface area contributed by atoms with Gasteiger partial charge in [0.05, 0.1) is 15.9 Å². The van der Waals surface area contributed by atoms with Gasteiger partial charge in [0.1, 0.15) is 5.52 Å². The second kappa shape index (κ2) is 3.34. The van der Waals surface area contributed by atoms with Crippen molar-refractivity contribution in [3.8, 4) is 5.88 Å². The van der Waals surface area contributed by atoms with Gasteiger partial charge in [-0.1, -0.05) is 0 Å². The van der Waals surface area contributed by atoms with E-state index < -0.39 is 0 Å². The van der Waals surface area contributed by atoms with Crippen LogP contribution in [0.1, 0.15) is 12.6 Å². The van der Waals surface area contributed by atoms with Crippen LogP contribution >= 0.6 is 11.3 Å². The Hall–Kier alpha value is -1.49. The minimum atomic E-state index is -0.360. The van der Waals surface area contributed by atoms with Gasteiger partial charge in [0.2, 0.25) is 5.88 Å². The first-order valence-electron chi connectivity index (χ1n) is 4.06. The molecular formula is C9H8N2O2S. The molecule has 0 saturated carbocycles. The molecule has 0 fully saturated rings. The smallest absolute Gasteiger partial charge is 0.309 e. The second-order valence-electron chi connectivity index (χ2n) is 2.84. The maximum atomic E-state index is 10.7. The fourth-order valence-electron chi connectivity index (χ4n) is 1.19. The van der Waals surface area contributed by atoms with Gasteiger partial charge in [-0.15, -0.1) is 11.3 Å². The van der Waals surface area contributed by atoms with E-state index in [1.54, 1.807) is 11.6 Å².